The number of allylic oxidation sites excluding steroid dienone is 1. The van der Waals surface area contributed by atoms with Gasteiger partial charge in [-0.25, -0.2) is 9.80 Å². The minimum absolute atomic E-state index is 0.117. The molecule has 0 fully saturated rings. The summed E-state index contributed by atoms with van der Waals surface area (Å²) in [5.74, 6) is -32.6. The summed E-state index contributed by atoms with van der Waals surface area (Å²) in [7, 11) is 0. The summed E-state index contributed by atoms with van der Waals surface area (Å²) in [4.78, 5) is 48.5. The first-order valence-corrected chi connectivity index (χ1v) is 10.4. The van der Waals surface area contributed by atoms with Crippen LogP contribution in [0.2, 0.25) is 0 Å². The first-order chi connectivity index (χ1) is 17.7. The number of carbonyl (C=O) groups excluding carboxylic acids is 4. The second-order valence-corrected chi connectivity index (χ2v) is 8.23. The first-order valence-electron chi connectivity index (χ1n) is 9.56. The van der Waals surface area contributed by atoms with Gasteiger partial charge in [-0.15, -0.1) is 0 Å². The molecule has 2 aliphatic heterocycles. The predicted octanol–water partition coefficient (Wildman–Crippen LogP) is 5.26. The SMILES string of the molecule is O=C1C=CC(=O)N1c1cc(OC(F)=C(F)C(F)(F)C(F)(F)C(F)(F)C(F)(F)F)c(N2C(=O)C=CC2=O)cc1Br. The van der Waals surface area contributed by atoms with Gasteiger partial charge < -0.3 is 4.74 Å². The van der Waals surface area contributed by atoms with Crippen molar-refractivity contribution in [1.29, 1.82) is 0 Å². The molecule has 7 nitrogen and oxygen atoms in total. The standard InChI is InChI=1S/C20H6BrF11N2O5/c21-7-5-9(34-13(37)3-4-14(34)38)10(6-8(7)33-11(35)1-2-12(33)36)39-16(23)15(22)17(24,25)18(26,27)19(28,29)20(30,31)32/h1-6H. The molecule has 1 aromatic rings. The van der Waals surface area contributed by atoms with Gasteiger partial charge in [0.15, 0.2) is 5.75 Å². The lowest BCUT2D eigenvalue weighted by atomic mass is 10.0. The third-order valence-corrected chi connectivity index (χ3v) is 5.56. The lowest BCUT2D eigenvalue weighted by molar-refractivity contribution is -0.392. The van der Waals surface area contributed by atoms with Crippen LogP contribution in [0.5, 0.6) is 5.75 Å². The Hall–Kier alpha value is -3.77. The minimum atomic E-state index is -7.60. The number of amides is 4. The zero-order valence-corrected chi connectivity index (χ0v) is 19.5. The number of anilines is 2. The Morgan fingerprint density at radius 3 is 1.49 bits per heavy atom. The van der Waals surface area contributed by atoms with Crippen molar-refractivity contribution in [3.05, 3.63) is 52.7 Å². The van der Waals surface area contributed by atoms with Gasteiger partial charge in [0.05, 0.1) is 11.4 Å². The van der Waals surface area contributed by atoms with Crippen LogP contribution in [-0.4, -0.2) is 47.6 Å². The van der Waals surface area contributed by atoms with Crippen molar-refractivity contribution >= 4 is 50.9 Å². The summed E-state index contributed by atoms with van der Waals surface area (Å²) >= 11 is 2.84. The maximum Gasteiger partial charge on any atom is 0.460 e. The summed E-state index contributed by atoms with van der Waals surface area (Å²) in [6.07, 6.45) is -4.68. The number of imide groups is 2. The lowest BCUT2D eigenvalue weighted by Gasteiger charge is -2.32. The highest BCUT2D eigenvalue weighted by molar-refractivity contribution is 9.10. The van der Waals surface area contributed by atoms with Crippen molar-refractivity contribution in [2.75, 3.05) is 9.80 Å². The van der Waals surface area contributed by atoms with Crippen molar-refractivity contribution in [3.63, 3.8) is 0 Å². The summed E-state index contributed by atoms with van der Waals surface area (Å²) in [6.45, 7) is 0. The van der Waals surface area contributed by atoms with Gasteiger partial charge in [0, 0.05) is 34.8 Å². The Kier molecular flexibility index (Phi) is 7.22. The molecule has 0 bridgehead atoms. The molecular weight excluding hydrogens is 637 g/mol. The average molecular weight is 643 g/mol. The zero-order valence-electron chi connectivity index (χ0n) is 17.9. The molecule has 0 radical (unpaired) electrons. The van der Waals surface area contributed by atoms with Crippen molar-refractivity contribution < 1.29 is 72.2 Å². The van der Waals surface area contributed by atoms with E-state index in [1.807, 2.05) is 0 Å². The van der Waals surface area contributed by atoms with Gasteiger partial charge >= 0.3 is 30.0 Å². The largest absolute Gasteiger partial charge is 0.460 e. The molecule has 2 heterocycles. The molecule has 0 spiro atoms. The quantitative estimate of drug-likeness (QED) is 0.230. The molecule has 210 valence electrons. The highest BCUT2D eigenvalue weighted by Crippen LogP contribution is 2.56. The van der Waals surface area contributed by atoms with Crippen molar-refractivity contribution in [3.8, 4) is 5.75 Å². The van der Waals surface area contributed by atoms with Crippen molar-refractivity contribution in [2.45, 2.75) is 23.9 Å². The van der Waals surface area contributed by atoms with E-state index in [9.17, 15) is 67.5 Å². The number of halogens is 12. The van der Waals surface area contributed by atoms with Crippen LogP contribution >= 0.6 is 15.9 Å². The van der Waals surface area contributed by atoms with Gasteiger partial charge in [-0.3, -0.25) is 19.2 Å². The topological polar surface area (TPSA) is 84.0 Å². The van der Waals surface area contributed by atoms with Crippen LogP contribution in [0.1, 0.15) is 0 Å². The molecule has 0 unspecified atom stereocenters. The number of hydrogen-bond acceptors (Lipinski definition) is 5. The van der Waals surface area contributed by atoms with E-state index in [0.29, 0.717) is 41.3 Å². The Morgan fingerprint density at radius 1 is 0.667 bits per heavy atom. The smallest absolute Gasteiger partial charge is 0.427 e. The molecule has 19 heteroatoms. The lowest BCUT2D eigenvalue weighted by Crippen LogP contribution is -2.61. The van der Waals surface area contributed by atoms with Gasteiger partial charge in [0.25, 0.3) is 23.6 Å². The van der Waals surface area contributed by atoms with E-state index >= 15 is 0 Å². The van der Waals surface area contributed by atoms with Crippen LogP contribution in [-0.2, 0) is 19.2 Å². The van der Waals surface area contributed by atoms with Crippen molar-refractivity contribution in [2.24, 2.45) is 0 Å². The van der Waals surface area contributed by atoms with Crippen LogP contribution in [0.4, 0.5) is 59.7 Å². The normalized spacial score (nSPS) is 17.5. The van der Waals surface area contributed by atoms with Crippen LogP contribution in [0.25, 0.3) is 0 Å². The van der Waals surface area contributed by atoms with E-state index in [1.165, 1.54) is 0 Å². The number of carbonyl (C=O) groups is 4. The molecule has 39 heavy (non-hydrogen) atoms. The number of nitrogens with zero attached hydrogens (tertiary/aromatic N) is 2. The second kappa shape index (κ2) is 9.45. The average Bonchev–Trinajstić information content (AvgIpc) is 3.32. The summed E-state index contributed by atoms with van der Waals surface area (Å²) < 4.78 is 150. The molecule has 0 N–H and O–H groups in total. The summed E-state index contributed by atoms with van der Waals surface area (Å²) in [5, 5.41) is 0. The Morgan fingerprint density at radius 2 is 1.08 bits per heavy atom. The Balaban J connectivity index is 2.17. The van der Waals surface area contributed by atoms with E-state index in [0.717, 1.165) is 0 Å². The van der Waals surface area contributed by atoms with E-state index in [4.69, 9.17) is 0 Å². The van der Waals surface area contributed by atoms with Crippen LogP contribution in [0, 0.1) is 0 Å². The zero-order chi connectivity index (χ0) is 29.9. The number of ether oxygens (including phenoxy) is 1. The molecule has 4 amide bonds. The van der Waals surface area contributed by atoms with E-state index in [-0.39, 0.29) is 9.37 Å². The predicted molar refractivity (Wildman–Crippen MR) is 108 cm³/mol. The van der Waals surface area contributed by atoms with E-state index in [1.54, 1.807) is 0 Å². The summed E-state index contributed by atoms with van der Waals surface area (Å²) in [5.41, 5.74) is -1.61. The van der Waals surface area contributed by atoms with Crippen molar-refractivity contribution in [1.82, 2.24) is 0 Å². The molecule has 1 aromatic carbocycles. The first kappa shape index (κ1) is 29.8. The molecule has 0 saturated heterocycles. The third kappa shape index (κ3) is 4.67. The summed E-state index contributed by atoms with van der Waals surface area (Å²) in [6, 6.07) is -2.53. The van der Waals surface area contributed by atoms with Crippen LogP contribution < -0.4 is 14.5 Å². The minimum Gasteiger partial charge on any atom is -0.427 e. The fourth-order valence-electron chi connectivity index (χ4n) is 3.01. The second-order valence-electron chi connectivity index (χ2n) is 7.37. The molecule has 3 rings (SSSR count). The Labute approximate surface area is 215 Å². The van der Waals surface area contributed by atoms with Crippen LogP contribution in [0.3, 0.4) is 0 Å². The molecule has 2 aliphatic rings. The van der Waals surface area contributed by atoms with Crippen LogP contribution in [0.15, 0.2) is 52.7 Å². The monoisotopic (exact) mass is 642 g/mol. The molecule has 0 saturated carbocycles. The van der Waals surface area contributed by atoms with Gasteiger partial charge in [0.1, 0.15) is 0 Å². The molecule has 0 aliphatic carbocycles. The number of hydrogen-bond donors (Lipinski definition) is 0. The van der Waals surface area contributed by atoms with Gasteiger partial charge in [0.2, 0.25) is 5.83 Å². The molecule has 0 aromatic heterocycles. The maximum absolute atomic E-state index is 14.4. The third-order valence-electron chi connectivity index (χ3n) is 4.92. The van der Waals surface area contributed by atoms with Gasteiger partial charge in [-0.1, -0.05) is 0 Å². The van der Waals surface area contributed by atoms with Gasteiger partial charge in [-0.2, -0.15) is 48.3 Å². The number of rotatable bonds is 7. The van der Waals surface area contributed by atoms with Gasteiger partial charge in [-0.05, 0) is 22.0 Å². The molecular formula is C20H6BrF11N2O5. The highest BCUT2D eigenvalue weighted by atomic mass is 79.9. The fraction of sp³-hybridized carbons (Fsp3) is 0.200. The highest BCUT2D eigenvalue weighted by Gasteiger charge is 2.83. The number of alkyl halides is 9. The Bertz CT molecular complexity index is 1350. The molecule has 0 atom stereocenters. The number of benzene rings is 1. The van der Waals surface area contributed by atoms with E-state index < -0.39 is 76.5 Å². The van der Waals surface area contributed by atoms with E-state index in [2.05, 4.69) is 20.7 Å². The fourth-order valence-corrected chi connectivity index (χ4v) is 3.52. The maximum atomic E-state index is 14.4.